The zero-order valence-electron chi connectivity index (χ0n) is 26.0. The molecule has 0 aromatic rings. The van der Waals surface area contributed by atoms with Crippen molar-refractivity contribution in [1.82, 2.24) is 29.4 Å². The van der Waals surface area contributed by atoms with Crippen LogP contribution in [0.2, 0.25) is 0 Å². The lowest BCUT2D eigenvalue weighted by Gasteiger charge is -2.50. The summed E-state index contributed by atoms with van der Waals surface area (Å²) in [6.45, 7) is 26.4. The summed E-state index contributed by atoms with van der Waals surface area (Å²) in [5.74, 6) is 0. The summed E-state index contributed by atoms with van der Waals surface area (Å²) >= 11 is 0. The van der Waals surface area contributed by atoms with Crippen molar-refractivity contribution in [3.05, 3.63) is 0 Å². The topological polar surface area (TPSA) is 19.4 Å². The average molecular weight is 507 g/mol. The summed E-state index contributed by atoms with van der Waals surface area (Å²) < 4.78 is 0. The normalized spacial score (nSPS) is 35.5. The lowest BCUT2D eigenvalue weighted by molar-refractivity contribution is -0.00641. The van der Waals surface area contributed by atoms with Crippen LogP contribution in [-0.4, -0.2) is 144 Å². The van der Waals surface area contributed by atoms with Crippen LogP contribution in [0.25, 0.3) is 0 Å². The van der Waals surface area contributed by atoms with Gasteiger partial charge in [0.15, 0.2) is 0 Å². The van der Waals surface area contributed by atoms with Gasteiger partial charge in [-0.3, -0.25) is 29.4 Å². The summed E-state index contributed by atoms with van der Waals surface area (Å²) in [6, 6.07) is 5.91. The molecule has 36 heavy (non-hydrogen) atoms. The number of hydrogen-bond acceptors (Lipinski definition) is 6. The maximum atomic E-state index is 2.79. The van der Waals surface area contributed by atoms with Gasteiger partial charge in [0.1, 0.15) is 0 Å². The highest BCUT2D eigenvalue weighted by Crippen LogP contribution is 2.27. The summed E-state index contributed by atoms with van der Waals surface area (Å²) in [7, 11) is 7.17. The Morgan fingerprint density at radius 1 is 0.444 bits per heavy atom. The van der Waals surface area contributed by atoms with E-state index >= 15 is 0 Å². The molecule has 0 amide bonds. The minimum absolute atomic E-state index is 0.631. The van der Waals surface area contributed by atoms with E-state index in [1.807, 2.05) is 0 Å². The molecule has 0 spiro atoms. The first-order valence-electron chi connectivity index (χ1n) is 15.3. The second kappa shape index (κ2) is 13.2. The number of hydrogen-bond donors (Lipinski definition) is 0. The van der Waals surface area contributed by atoms with Crippen LogP contribution in [0.3, 0.4) is 0 Å². The fourth-order valence-corrected chi connectivity index (χ4v) is 6.99. The molecule has 0 bridgehead atoms. The third kappa shape index (κ3) is 7.45. The highest BCUT2D eigenvalue weighted by atomic mass is 15.3. The summed E-state index contributed by atoms with van der Waals surface area (Å²) in [5.41, 5.74) is 0. The zero-order valence-corrected chi connectivity index (χ0v) is 26.0. The van der Waals surface area contributed by atoms with E-state index in [0.29, 0.717) is 54.4 Å². The molecule has 3 saturated heterocycles. The minimum atomic E-state index is 0.631. The van der Waals surface area contributed by atoms with Gasteiger partial charge in [-0.05, 0) is 102 Å². The van der Waals surface area contributed by atoms with Gasteiger partial charge >= 0.3 is 0 Å². The number of rotatable bonds is 9. The molecule has 0 aliphatic carbocycles. The van der Waals surface area contributed by atoms with Gasteiger partial charge in [-0.25, -0.2) is 0 Å². The van der Waals surface area contributed by atoms with E-state index in [1.165, 1.54) is 65.0 Å². The molecule has 212 valence electrons. The smallest absolute Gasteiger partial charge is 0.0224 e. The van der Waals surface area contributed by atoms with E-state index in [0.717, 1.165) is 0 Å². The van der Waals surface area contributed by atoms with Crippen LogP contribution < -0.4 is 0 Å². The molecule has 3 fully saturated rings. The highest BCUT2D eigenvalue weighted by molar-refractivity contribution is 4.94. The number of piperazine rings is 3. The molecule has 0 aromatic carbocycles. The van der Waals surface area contributed by atoms with Crippen LogP contribution >= 0.6 is 0 Å². The second-order valence-corrected chi connectivity index (χ2v) is 13.6. The molecule has 0 N–H and O–H groups in total. The lowest BCUT2D eigenvalue weighted by Crippen LogP contribution is -2.61. The predicted molar refractivity (Wildman–Crippen MR) is 156 cm³/mol. The summed E-state index contributed by atoms with van der Waals surface area (Å²) in [6.07, 6.45) is 5.24. The van der Waals surface area contributed by atoms with Crippen LogP contribution in [0.1, 0.15) is 81.1 Å². The van der Waals surface area contributed by atoms with Gasteiger partial charge in [-0.1, -0.05) is 0 Å². The van der Waals surface area contributed by atoms with Gasteiger partial charge in [0.05, 0.1) is 0 Å². The predicted octanol–water partition coefficient (Wildman–Crippen LogP) is 3.77. The Kier molecular flexibility index (Phi) is 11.1. The first-order valence-corrected chi connectivity index (χ1v) is 15.3. The molecule has 3 aliphatic rings. The maximum absolute atomic E-state index is 2.79. The summed E-state index contributed by atoms with van der Waals surface area (Å²) in [5, 5.41) is 0. The Morgan fingerprint density at radius 3 is 0.972 bits per heavy atom. The first kappa shape index (κ1) is 30.3. The van der Waals surface area contributed by atoms with E-state index in [2.05, 4.69) is 106 Å². The van der Waals surface area contributed by atoms with Crippen molar-refractivity contribution >= 4 is 0 Å². The van der Waals surface area contributed by atoms with Gasteiger partial charge in [-0.15, -0.1) is 0 Å². The van der Waals surface area contributed by atoms with Crippen molar-refractivity contribution in [3.8, 4) is 0 Å². The monoisotopic (exact) mass is 507 g/mol. The van der Waals surface area contributed by atoms with E-state index in [4.69, 9.17) is 0 Å². The fourth-order valence-electron chi connectivity index (χ4n) is 6.99. The van der Waals surface area contributed by atoms with Crippen molar-refractivity contribution < 1.29 is 0 Å². The van der Waals surface area contributed by atoms with Crippen LogP contribution in [-0.2, 0) is 0 Å². The fraction of sp³-hybridized carbons (Fsp3) is 1.00. The Hall–Kier alpha value is -0.240. The van der Waals surface area contributed by atoms with Crippen molar-refractivity contribution in [2.75, 3.05) is 60.4 Å². The van der Waals surface area contributed by atoms with Crippen LogP contribution in [0, 0.1) is 0 Å². The van der Waals surface area contributed by atoms with Crippen LogP contribution in [0.5, 0.6) is 0 Å². The van der Waals surface area contributed by atoms with Gasteiger partial charge < -0.3 is 0 Å². The molecule has 3 heterocycles. The Labute approximate surface area is 225 Å². The lowest BCUT2D eigenvalue weighted by atomic mass is 9.93. The molecule has 3 aliphatic heterocycles. The quantitative estimate of drug-likeness (QED) is 0.471. The van der Waals surface area contributed by atoms with E-state index in [-0.39, 0.29) is 0 Å². The number of nitrogens with zero attached hydrogens (tertiary/aromatic N) is 6. The molecule has 0 saturated carbocycles. The SMILES string of the molecule is CC(C)N1C[C@@H](CC[C@@H]2CN(C(C)C)C[C@H](C)N2C)N(C)[C@@H](CC[C@H]2CN(C(C)C)C[C@H](C)N2C)C1. The maximum Gasteiger partial charge on any atom is 0.0224 e. The molecule has 0 radical (unpaired) electrons. The van der Waals surface area contributed by atoms with Crippen LogP contribution in [0.4, 0.5) is 0 Å². The molecule has 6 heteroatoms. The largest absolute Gasteiger partial charge is 0.298 e. The van der Waals surface area contributed by atoms with E-state index in [9.17, 15) is 0 Å². The van der Waals surface area contributed by atoms with Crippen molar-refractivity contribution in [2.45, 2.75) is 135 Å². The van der Waals surface area contributed by atoms with E-state index in [1.54, 1.807) is 0 Å². The molecular weight excluding hydrogens is 444 g/mol. The molecule has 6 nitrogen and oxygen atoms in total. The first-order chi connectivity index (χ1) is 16.9. The van der Waals surface area contributed by atoms with Crippen molar-refractivity contribution in [2.24, 2.45) is 0 Å². The molecule has 0 aromatic heterocycles. The average Bonchev–Trinajstić information content (AvgIpc) is 2.81. The minimum Gasteiger partial charge on any atom is -0.298 e. The third-order valence-electron chi connectivity index (χ3n) is 10.3. The Morgan fingerprint density at radius 2 is 0.694 bits per heavy atom. The second-order valence-electron chi connectivity index (χ2n) is 13.6. The van der Waals surface area contributed by atoms with E-state index < -0.39 is 0 Å². The zero-order chi connectivity index (χ0) is 26.7. The Balaban J connectivity index is 1.62. The number of likely N-dealkylation sites (N-methyl/N-ethyl adjacent to an activating group) is 3. The van der Waals surface area contributed by atoms with Crippen LogP contribution in [0.15, 0.2) is 0 Å². The molecule has 0 unspecified atom stereocenters. The molecule has 6 atom stereocenters. The van der Waals surface area contributed by atoms with Gasteiger partial charge in [0.2, 0.25) is 0 Å². The van der Waals surface area contributed by atoms with Crippen molar-refractivity contribution in [3.63, 3.8) is 0 Å². The summed E-state index contributed by atoms with van der Waals surface area (Å²) in [4.78, 5) is 16.3. The van der Waals surface area contributed by atoms with Gasteiger partial charge in [-0.2, -0.15) is 0 Å². The molecule has 3 rings (SSSR count). The standard InChI is InChI=1S/C30H62N6/c1-22(2)34-16-25(7)31(9)27(18-34)12-14-29-20-36(24(5)6)21-30(33(29)11)15-13-28-19-35(23(3)4)17-26(8)32(28)10/h22-30H,12-21H2,1-11H3/t25-,26-,27-,28+,29-,30+/m0/s1. The molecular formula is C30H62N6. The highest BCUT2D eigenvalue weighted by Gasteiger charge is 2.37. The van der Waals surface area contributed by atoms with Gasteiger partial charge in [0.25, 0.3) is 0 Å². The Bertz CT molecular complexity index is 603. The third-order valence-corrected chi connectivity index (χ3v) is 10.3. The van der Waals surface area contributed by atoms with Crippen molar-refractivity contribution in [1.29, 1.82) is 0 Å². The van der Waals surface area contributed by atoms with Gasteiger partial charge in [0, 0.05) is 93.6 Å².